The molecule has 0 atom stereocenters. The van der Waals surface area contributed by atoms with E-state index in [1.807, 2.05) is 42.2 Å². The molecule has 0 spiro atoms. The molecule has 0 bridgehead atoms. The number of oxazole rings is 1. The van der Waals surface area contributed by atoms with Crippen molar-refractivity contribution in [3.8, 4) is 22.9 Å². The van der Waals surface area contributed by atoms with E-state index in [0.717, 1.165) is 21.8 Å². The Hall–Kier alpha value is -3.81. The zero-order chi connectivity index (χ0) is 19.5. The van der Waals surface area contributed by atoms with Crippen LogP contribution in [0.25, 0.3) is 17.1 Å². The van der Waals surface area contributed by atoms with Crippen LogP contribution >= 0.6 is 0 Å². The Balaban J connectivity index is 1.44. The number of ether oxygens (including phenoxy) is 1. The predicted molar refractivity (Wildman–Crippen MR) is 101 cm³/mol. The van der Waals surface area contributed by atoms with Crippen LogP contribution < -0.4 is 16.2 Å². The first-order valence-corrected chi connectivity index (χ1v) is 8.68. The summed E-state index contributed by atoms with van der Waals surface area (Å²) in [5.41, 5.74) is 1.49. The van der Waals surface area contributed by atoms with Crippen molar-refractivity contribution in [2.45, 2.75) is 13.3 Å². The van der Waals surface area contributed by atoms with Crippen molar-refractivity contribution in [1.82, 2.24) is 14.7 Å². The number of H-pyrrole nitrogens is 1. The van der Waals surface area contributed by atoms with Crippen molar-refractivity contribution in [2.24, 2.45) is 0 Å². The standard InChI is InChI=1S/C20H17N3O5/c1-13-17(21-18(27-13)14-6-3-2-4-7-14)10-11-26-16-9-5-8-15(12-16)23-19(24)22-20(25)28-23/h2-9,12H,10-11H2,1H3,(H,22,24,25). The minimum Gasteiger partial charge on any atom is -0.493 e. The van der Waals surface area contributed by atoms with Gasteiger partial charge in [0.05, 0.1) is 18.0 Å². The maximum Gasteiger partial charge on any atom is 0.440 e. The largest absolute Gasteiger partial charge is 0.493 e. The van der Waals surface area contributed by atoms with Gasteiger partial charge in [-0.25, -0.2) is 19.6 Å². The van der Waals surface area contributed by atoms with Gasteiger partial charge in [-0.05, 0) is 31.2 Å². The second kappa shape index (κ2) is 7.43. The van der Waals surface area contributed by atoms with E-state index in [1.165, 1.54) is 0 Å². The average molecular weight is 379 g/mol. The summed E-state index contributed by atoms with van der Waals surface area (Å²) in [4.78, 5) is 29.4. The van der Waals surface area contributed by atoms with Crippen molar-refractivity contribution in [3.05, 3.63) is 87.1 Å². The molecule has 0 amide bonds. The Morgan fingerprint density at radius 1 is 1.11 bits per heavy atom. The van der Waals surface area contributed by atoms with Gasteiger partial charge in [-0.2, -0.15) is 0 Å². The molecule has 0 unspecified atom stereocenters. The van der Waals surface area contributed by atoms with E-state index in [0.29, 0.717) is 30.4 Å². The molecule has 1 N–H and O–H groups in total. The smallest absolute Gasteiger partial charge is 0.440 e. The number of aromatic amines is 1. The Kier molecular flexibility index (Phi) is 4.67. The number of aromatic nitrogens is 3. The van der Waals surface area contributed by atoms with E-state index in [9.17, 15) is 9.59 Å². The van der Waals surface area contributed by atoms with E-state index in [2.05, 4.69) is 4.98 Å². The number of nitrogens with one attached hydrogen (secondary N) is 1. The Bertz CT molecular complexity index is 1200. The fourth-order valence-corrected chi connectivity index (χ4v) is 2.78. The van der Waals surface area contributed by atoms with E-state index in [1.54, 1.807) is 24.3 Å². The summed E-state index contributed by atoms with van der Waals surface area (Å²) < 4.78 is 17.2. The summed E-state index contributed by atoms with van der Waals surface area (Å²) in [6.45, 7) is 2.24. The van der Waals surface area contributed by atoms with Gasteiger partial charge in [0.25, 0.3) is 0 Å². The number of hydrogen-bond acceptors (Lipinski definition) is 6. The summed E-state index contributed by atoms with van der Waals surface area (Å²) in [6, 6.07) is 16.4. The van der Waals surface area contributed by atoms with Crippen molar-refractivity contribution in [3.63, 3.8) is 0 Å². The molecular weight excluding hydrogens is 362 g/mol. The SMILES string of the molecule is Cc1oc(-c2ccccc2)nc1CCOc1cccc(-n2oc(=O)[nH]c2=O)c1. The fourth-order valence-electron chi connectivity index (χ4n) is 2.78. The van der Waals surface area contributed by atoms with Gasteiger partial charge in [0.1, 0.15) is 11.5 Å². The first kappa shape index (κ1) is 17.6. The molecule has 0 saturated heterocycles. The van der Waals surface area contributed by atoms with Crippen LogP contribution in [0.4, 0.5) is 0 Å². The average Bonchev–Trinajstić information content (AvgIpc) is 3.24. The van der Waals surface area contributed by atoms with Crippen LogP contribution in [0.15, 0.2) is 73.1 Å². The summed E-state index contributed by atoms with van der Waals surface area (Å²) in [5, 5.41) is 0. The minimum absolute atomic E-state index is 0.372. The van der Waals surface area contributed by atoms with Crippen LogP contribution in [-0.2, 0) is 6.42 Å². The van der Waals surface area contributed by atoms with Gasteiger partial charge >= 0.3 is 11.4 Å². The van der Waals surface area contributed by atoms with E-state index in [-0.39, 0.29) is 0 Å². The first-order valence-electron chi connectivity index (χ1n) is 8.68. The predicted octanol–water partition coefficient (Wildman–Crippen LogP) is 2.70. The van der Waals surface area contributed by atoms with Crippen LogP contribution in [0.5, 0.6) is 5.75 Å². The monoisotopic (exact) mass is 379 g/mol. The Labute approximate surface area is 159 Å². The highest BCUT2D eigenvalue weighted by molar-refractivity contribution is 5.53. The molecule has 0 saturated carbocycles. The molecule has 2 aromatic carbocycles. The molecule has 2 aromatic heterocycles. The zero-order valence-corrected chi connectivity index (χ0v) is 15.0. The number of nitrogens with zero attached hydrogens (tertiary/aromatic N) is 2. The quantitative estimate of drug-likeness (QED) is 0.552. The van der Waals surface area contributed by atoms with Gasteiger partial charge in [0.2, 0.25) is 5.89 Å². The molecule has 28 heavy (non-hydrogen) atoms. The maximum absolute atomic E-state index is 11.7. The maximum atomic E-state index is 11.7. The second-order valence-corrected chi connectivity index (χ2v) is 6.09. The molecule has 142 valence electrons. The number of rotatable bonds is 6. The fraction of sp³-hybridized carbons (Fsp3) is 0.150. The lowest BCUT2D eigenvalue weighted by Gasteiger charge is -2.06. The molecule has 4 rings (SSSR count). The van der Waals surface area contributed by atoms with Crippen molar-refractivity contribution < 1.29 is 13.7 Å². The zero-order valence-electron chi connectivity index (χ0n) is 15.0. The van der Waals surface area contributed by atoms with Crippen molar-refractivity contribution in [1.29, 1.82) is 0 Å². The van der Waals surface area contributed by atoms with Gasteiger partial charge in [0.15, 0.2) is 0 Å². The highest BCUT2D eigenvalue weighted by Crippen LogP contribution is 2.22. The summed E-state index contributed by atoms with van der Waals surface area (Å²) >= 11 is 0. The van der Waals surface area contributed by atoms with Gasteiger partial charge in [0, 0.05) is 18.1 Å². The molecule has 0 aliphatic heterocycles. The van der Waals surface area contributed by atoms with E-state index in [4.69, 9.17) is 13.7 Å². The molecule has 0 fully saturated rings. The lowest BCUT2D eigenvalue weighted by molar-refractivity contribution is 0.307. The highest BCUT2D eigenvalue weighted by Gasteiger charge is 2.12. The molecule has 8 nitrogen and oxygen atoms in total. The molecule has 0 aliphatic carbocycles. The lowest BCUT2D eigenvalue weighted by atomic mass is 10.2. The highest BCUT2D eigenvalue weighted by atomic mass is 16.5. The van der Waals surface area contributed by atoms with Crippen LogP contribution in [0.2, 0.25) is 0 Å². The summed E-state index contributed by atoms with van der Waals surface area (Å²) in [6.07, 6.45) is 0.561. The number of benzene rings is 2. The molecular formula is C20H17N3O5. The molecule has 8 heteroatoms. The van der Waals surface area contributed by atoms with Crippen LogP contribution in [0.1, 0.15) is 11.5 Å². The van der Waals surface area contributed by atoms with Crippen molar-refractivity contribution >= 4 is 0 Å². The van der Waals surface area contributed by atoms with Crippen molar-refractivity contribution in [2.75, 3.05) is 6.61 Å². The van der Waals surface area contributed by atoms with Gasteiger partial charge in [-0.1, -0.05) is 24.3 Å². The topological polar surface area (TPSA) is 103 Å². The summed E-state index contributed by atoms with van der Waals surface area (Å²) in [7, 11) is 0. The summed E-state index contributed by atoms with van der Waals surface area (Å²) in [5.74, 6) is 1.05. The van der Waals surface area contributed by atoms with Crippen LogP contribution in [-0.4, -0.2) is 21.3 Å². The minimum atomic E-state index is -0.813. The van der Waals surface area contributed by atoms with Crippen LogP contribution in [0.3, 0.4) is 0 Å². The third-order valence-corrected chi connectivity index (χ3v) is 4.14. The lowest BCUT2D eigenvalue weighted by Crippen LogP contribution is -2.15. The van der Waals surface area contributed by atoms with Gasteiger partial charge < -0.3 is 13.7 Å². The normalized spacial score (nSPS) is 10.9. The van der Waals surface area contributed by atoms with Gasteiger partial charge in [-0.15, -0.1) is 4.74 Å². The van der Waals surface area contributed by atoms with E-state index >= 15 is 0 Å². The Morgan fingerprint density at radius 2 is 1.93 bits per heavy atom. The number of aryl methyl sites for hydroxylation is 1. The molecule has 2 heterocycles. The first-order chi connectivity index (χ1) is 13.6. The molecule has 0 aliphatic rings. The molecule has 4 aromatic rings. The van der Waals surface area contributed by atoms with E-state index < -0.39 is 11.4 Å². The third-order valence-electron chi connectivity index (χ3n) is 4.14. The van der Waals surface area contributed by atoms with Gasteiger partial charge in [-0.3, -0.25) is 0 Å². The number of hydrogen-bond donors (Lipinski definition) is 1. The third kappa shape index (κ3) is 3.66. The molecule has 0 radical (unpaired) electrons. The van der Waals surface area contributed by atoms with Crippen LogP contribution in [0, 0.1) is 6.92 Å². The second-order valence-electron chi connectivity index (χ2n) is 6.09. The Morgan fingerprint density at radius 3 is 2.68 bits per heavy atom.